The molecule has 6 heteroatoms. The zero-order chi connectivity index (χ0) is 35.6. The first-order chi connectivity index (χ1) is 20.2. The minimum Gasteiger partial charge on any atom is -0.414 e. The Kier molecular flexibility index (Phi) is 18.0. The lowest BCUT2D eigenvalue weighted by molar-refractivity contribution is 0.139. The average Bonchev–Trinajstić information content (AvgIpc) is 2.84. The maximum Gasteiger partial charge on any atom is 0.193 e. The van der Waals surface area contributed by atoms with Gasteiger partial charge in [0, 0.05) is 12.0 Å². The van der Waals surface area contributed by atoms with Crippen molar-refractivity contribution in [1.29, 1.82) is 0 Å². The zero-order valence-electron chi connectivity index (χ0n) is 33.4. The van der Waals surface area contributed by atoms with Gasteiger partial charge in [-0.1, -0.05) is 121 Å². The van der Waals surface area contributed by atoms with Crippen molar-refractivity contribution in [3.8, 4) is 23.3 Å². The Bertz CT molecular complexity index is 1000. The summed E-state index contributed by atoms with van der Waals surface area (Å²) in [5.74, 6) is 10.1. The highest BCUT2D eigenvalue weighted by Gasteiger charge is 2.43. The Morgan fingerprint density at radius 3 is 1.58 bits per heavy atom. The fraction of sp³-hybridized carbons (Fsp3) is 0.846. The second-order valence-corrected chi connectivity index (χ2v) is 32.9. The largest absolute Gasteiger partial charge is 0.414 e. The number of hydrogen-bond acceptors (Lipinski definition) is 3. The molecule has 0 radical (unpaired) electrons. The first-order valence-electron chi connectivity index (χ1n) is 17.9. The molecule has 0 fully saturated rings. The minimum atomic E-state index is -2.03. The van der Waals surface area contributed by atoms with E-state index in [1.54, 1.807) is 6.92 Å². The van der Waals surface area contributed by atoms with Crippen molar-refractivity contribution < 1.29 is 14.0 Å². The van der Waals surface area contributed by atoms with E-state index in [1.165, 1.54) is 0 Å². The molecule has 0 saturated carbocycles. The molecule has 0 aliphatic rings. The van der Waals surface area contributed by atoms with Crippen LogP contribution in [0.5, 0.6) is 0 Å². The van der Waals surface area contributed by atoms with Crippen LogP contribution in [0.25, 0.3) is 0 Å². The van der Waals surface area contributed by atoms with Gasteiger partial charge in [-0.15, -0.1) is 11.5 Å². The topological polar surface area (TPSA) is 38.7 Å². The monoisotopic (exact) mass is 677 g/mol. The van der Waals surface area contributed by atoms with Crippen LogP contribution in [0.15, 0.2) is 12.2 Å². The highest BCUT2D eigenvalue weighted by molar-refractivity contribution is 6.90. The predicted octanol–water partition coefficient (Wildman–Crippen LogP) is 11.8. The summed E-state index contributed by atoms with van der Waals surface area (Å²) in [7, 11) is -5.85. The average molecular weight is 677 g/mol. The van der Waals surface area contributed by atoms with Crippen molar-refractivity contribution in [3.63, 3.8) is 0 Å². The van der Waals surface area contributed by atoms with E-state index in [0.717, 1.165) is 19.3 Å². The van der Waals surface area contributed by atoms with E-state index in [4.69, 9.17) is 8.85 Å². The molecule has 0 amide bonds. The Morgan fingerprint density at radius 1 is 0.689 bits per heavy atom. The van der Waals surface area contributed by atoms with E-state index < -0.39 is 30.8 Å². The van der Waals surface area contributed by atoms with E-state index in [0.29, 0.717) is 29.0 Å². The van der Waals surface area contributed by atoms with Crippen molar-refractivity contribution in [1.82, 2.24) is 0 Å². The number of hydrogen-bond donors (Lipinski definition) is 1. The molecule has 0 heterocycles. The summed E-state index contributed by atoms with van der Waals surface area (Å²) in [6.07, 6.45) is 7.76. The summed E-state index contributed by atoms with van der Waals surface area (Å²) in [6.45, 7) is 44.0. The Labute approximate surface area is 285 Å². The molecule has 0 aromatic heterocycles. The Morgan fingerprint density at radius 2 is 1.16 bits per heavy atom. The molecule has 0 aromatic carbocycles. The molecule has 0 bridgehead atoms. The molecule has 0 aliphatic carbocycles. The van der Waals surface area contributed by atoms with Gasteiger partial charge in [0.25, 0.3) is 0 Å². The molecule has 5 atom stereocenters. The summed E-state index contributed by atoms with van der Waals surface area (Å²) in [5, 5.41) is 10.5. The highest BCUT2D eigenvalue weighted by atomic mass is 28.4. The number of aliphatic hydroxyl groups is 1. The molecule has 0 spiro atoms. The van der Waals surface area contributed by atoms with E-state index >= 15 is 0 Å². The molecular weight excluding hydrogens is 601 g/mol. The SMILES string of the molecule is CC#CC(O)CCC[C@H](C[C@H](C)/C=C/[C@H](C)[C@H](C#C[Si](C(C)C)(C(C)C)C(C)C)O[Si](C)(C)C(C)(C)C)O[Si](C)(C)C(C)(C)C. The highest BCUT2D eigenvalue weighted by Crippen LogP contribution is 2.42. The molecule has 0 aromatic rings. The third kappa shape index (κ3) is 13.8. The second-order valence-electron chi connectivity index (χ2n) is 17.8. The van der Waals surface area contributed by atoms with Crippen LogP contribution in [0.3, 0.4) is 0 Å². The van der Waals surface area contributed by atoms with E-state index in [2.05, 4.69) is 159 Å². The maximum atomic E-state index is 10.2. The second kappa shape index (κ2) is 18.2. The van der Waals surface area contributed by atoms with Gasteiger partial charge in [-0.2, -0.15) is 0 Å². The summed E-state index contributed by atoms with van der Waals surface area (Å²) in [5.41, 5.74) is 5.78. The summed E-state index contributed by atoms with van der Waals surface area (Å²) in [6, 6.07) is 0. The van der Waals surface area contributed by atoms with Crippen molar-refractivity contribution in [2.75, 3.05) is 0 Å². The molecule has 1 unspecified atom stereocenters. The standard InChI is InChI=1S/C39H76O3Si3/c1-20-22-35(40)23-21-24-36(41-43(16,17)38(10,11)12)29-33(8)25-26-34(9)37(42-44(18,19)39(13,14)15)27-28-45(30(2)3,31(4)5)32(6)7/h25-26,30-37,40H,21,23-24,29H2,1-19H3/b26-25+/t33-,34+,35?,36-,37+/m1/s1. The predicted molar refractivity (Wildman–Crippen MR) is 208 cm³/mol. The van der Waals surface area contributed by atoms with Crippen molar-refractivity contribution in [2.24, 2.45) is 11.8 Å². The smallest absolute Gasteiger partial charge is 0.193 e. The van der Waals surface area contributed by atoms with Crippen LogP contribution in [0.1, 0.15) is 130 Å². The lowest BCUT2D eigenvalue weighted by atomic mass is 9.96. The molecule has 0 saturated heterocycles. The first kappa shape index (κ1) is 44.4. The van der Waals surface area contributed by atoms with E-state index in [9.17, 15) is 5.11 Å². The van der Waals surface area contributed by atoms with Gasteiger partial charge in [-0.25, -0.2) is 0 Å². The first-order valence-corrected chi connectivity index (χ1v) is 26.0. The normalized spacial score (nSPS) is 17.1. The Hall–Kier alpha value is -0.609. The van der Waals surface area contributed by atoms with Crippen molar-refractivity contribution in [3.05, 3.63) is 12.2 Å². The van der Waals surface area contributed by atoms with Crippen LogP contribution in [0, 0.1) is 35.1 Å². The zero-order valence-corrected chi connectivity index (χ0v) is 36.4. The van der Waals surface area contributed by atoms with Gasteiger partial charge in [0.15, 0.2) is 16.6 Å². The molecule has 1 N–H and O–H groups in total. The molecule has 3 nitrogen and oxygen atoms in total. The summed E-state index contributed by atoms with van der Waals surface area (Å²) >= 11 is 0. The summed E-state index contributed by atoms with van der Waals surface area (Å²) < 4.78 is 14.1. The van der Waals surface area contributed by atoms with Crippen LogP contribution >= 0.6 is 0 Å². The summed E-state index contributed by atoms with van der Waals surface area (Å²) in [4.78, 5) is 0. The fourth-order valence-electron chi connectivity index (χ4n) is 5.95. The van der Waals surface area contributed by atoms with Crippen LogP contribution in [-0.2, 0) is 8.85 Å². The molecule has 0 aliphatic heterocycles. The third-order valence-electron chi connectivity index (χ3n) is 11.0. The molecule has 45 heavy (non-hydrogen) atoms. The maximum absolute atomic E-state index is 10.2. The van der Waals surface area contributed by atoms with Crippen molar-refractivity contribution in [2.45, 2.75) is 201 Å². The van der Waals surface area contributed by atoms with Gasteiger partial charge in [0.05, 0.1) is 0 Å². The number of allylic oxidation sites excluding steroid dienone is 1. The molecule has 262 valence electrons. The minimum absolute atomic E-state index is 0.113. The van der Waals surface area contributed by atoms with Gasteiger partial charge >= 0.3 is 0 Å². The Balaban J connectivity index is 6.31. The molecular formula is C39H76O3Si3. The van der Waals surface area contributed by atoms with E-state index in [1.807, 2.05) is 0 Å². The van der Waals surface area contributed by atoms with Crippen LogP contribution in [0.4, 0.5) is 0 Å². The van der Waals surface area contributed by atoms with Gasteiger partial charge in [-0.3, -0.25) is 0 Å². The van der Waals surface area contributed by atoms with Gasteiger partial charge in [0.1, 0.15) is 20.3 Å². The lowest BCUT2D eigenvalue weighted by Crippen LogP contribution is -2.46. The number of aliphatic hydroxyl groups excluding tert-OH is 1. The van der Waals surface area contributed by atoms with Gasteiger partial charge < -0.3 is 14.0 Å². The van der Waals surface area contributed by atoms with E-state index in [-0.39, 0.29) is 28.2 Å². The van der Waals surface area contributed by atoms with Crippen LogP contribution in [-0.4, -0.2) is 48.1 Å². The molecule has 0 rings (SSSR count). The van der Waals surface area contributed by atoms with Gasteiger partial charge in [0.2, 0.25) is 0 Å². The quantitative estimate of drug-likeness (QED) is 0.100. The lowest BCUT2D eigenvalue weighted by Gasteiger charge is -2.40. The van der Waals surface area contributed by atoms with Crippen LogP contribution < -0.4 is 0 Å². The fourth-order valence-corrected chi connectivity index (χ4v) is 13.9. The number of rotatable bonds is 16. The van der Waals surface area contributed by atoms with Crippen LogP contribution in [0.2, 0.25) is 52.9 Å². The van der Waals surface area contributed by atoms with Crippen molar-refractivity contribution >= 4 is 24.7 Å². The van der Waals surface area contributed by atoms with Gasteiger partial charge in [-0.05, 0) is 91.4 Å². The third-order valence-corrected chi connectivity index (χ3v) is 26.3.